The Kier molecular flexibility index (Phi) is 5.96. The standard InChI is InChI=1S/C21H31ClN4O2/c1-21(6-2-3-7-21)13-19(27)24-14-20(28)26-10-8-25(9-11-26)15-16-12-17(22)4-5-18(16)23/h4-5,12H,2-3,6-11,13-15,23H2,1H3,(H,24,27)/i15D2. The Morgan fingerprint density at radius 2 is 1.93 bits per heavy atom. The van der Waals surface area contributed by atoms with Gasteiger partial charge in [-0.1, -0.05) is 31.4 Å². The van der Waals surface area contributed by atoms with Crippen molar-refractivity contribution >= 4 is 29.1 Å². The third-order valence-electron chi connectivity index (χ3n) is 5.76. The fourth-order valence-corrected chi connectivity index (χ4v) is 4.18. The van der Waals surface area contributed by atoms with E-state index in [2.05, 4.69) is 12.2 Å². The molecule has 6 nitrogen and oxygen atoms in total. The van der Waals surface area contributed by atoms with Crippen molar-refractivity contribution in [2.45, 2.75) is 45.5 Å². The molecule has 0 aromatic heterocycles. The number of nitrogen functional groups attached to an aromatic ring is 1. The smallest absolute Gasteiger partial charge is 0.242 e. The third-order valence-corrected chi connectivity index (χ3v) is 6.00. The van der Waals surface area contributed by atoms with E-state index in [1.165, 1.54) is 12.8 Å². The highest BCUT2D eigenvalue weighted by atomic mass is 35.5. The Hall–Kier alpha value is -1.79. The molecule has 0 radical (unpaired) electrons. The first-order valence-electron chi connectivity index (χ1n) is 11.0. The number of nitrogens with two attached hydrogens (primary N) is 1. The van der Waals surface area contributed by atoms with Crippen LogP contribution in [0.2, 0.25) is 5.02 Å². The van der Waals surface area contributed by atoms with Crippen molar-refractivity contribution in [1.29, 1.82) is 0 Å². The normalized spacial score (nSPS) is 21.1. The van der Waals surface area contributed by atoms with Crippen molar-refractivity contribution < 1.29 is 12.3 Å². The summed E-state index contributed by atoms with van der Waals surface area (Å²) in [6.45, 7) is 1.88. The van der Waals surface area contributed by atoms with Gasteiger partial charge in [0.25, 0.3) is 0 Å². The largest absolute Gasteiger partial charge is 0.398 e. The van der Waals surface area contributed by atoms with Crippen LogP contribution in [0, 0.1) is 5.41 Å². The van der Waals surface area contributed by atoms with Crippen molar-refractivity contribution in [2.75, 3.05) is 38.5 Å². The summed E-state index contributed by atoms with van der Waals surface area (Å²) in [6, 6.07) is 4.78. The number of halogens is 1. The molecule has 1 saturated heterocycles. The second-order valence-electron chi connectivity index (χ2n) is 8.18. The van der Waals surface area contributed by atoms with Gasteiger partial charge in [0.05, 0.1) is 6.54 Å². The van der Waals surface area contributed by atoms with Gasteiger partial charge in [0.1, 0.15) is 0 Å². The summed E-state index contributed by atoms with van der Waals surface area (Å²) in [5.74, 6) is -0.207. The van der Waals surface area contributed by atoms with E-state index in [-0.39, 0.29) is 23.8 Å². The second-order valence-corrected chi connectivity index (χ2v) is 8.62. The van der Waals surface area contributed by atoms with Crippen LogP contribution < -0.4 is 11.1 Å². The number of nitrogens with zero attached hydrogens (tertiary/aromatic N) is 2. The molecule has 2 amide bonds. The maximum atomic E-state index is 12.5. The lowest BCUT2D eigenvalue weighted by Gasteiger charge is -2.35. The number of amides is 2. The van der Waals surface area contributed by atoms with Gasteiger partial charge in [0, 0.05) is 52.5 Å². The number of benzene rings is 1. The highest BCUT2D eigenvalue weighted by Crippen LogP contribution is 2.40. The van der Waals surface area contributed by atoms with Crippen LogP contribution in [0.1, 0.15) is 47.3 Å². The highest BCUT2D eigenvalue weighted by Gasteiger charge is 2.31. The van der Waals surface area contributed by atoms with Crippen molar-refractivity contribution in [3.05, 3.63) is 28.8 Å². The minimum absolute atomic E-state index is 0.0109. The number of nitrogens with one attached hydrogen (secondary N) is 1. The van der Waals surface area contributed by atoms with E-state index in [0.717, 1.165) is 12.8 Å². The zero-order valence-corrected chi connectivity index (χ0v) is 17.2. The molecule has 0 bridgehead atoms. The lowest BCUT2D eigenvalue weighted by atomic mass is 9.85. The van der Waals surface area contributed by atoms with Gasteiger partial charge in [-0.25, -0.2) is 0 Å². The fourth-order valence-electron chi connectivity index (χ4n) is 4.00. The SMILES string of the molecule is [2H]C([2H])(c1cc(Cl)ccc1N)N1CCN(C(=O)CNC(=O)CC2(C)CCCC2)CC1. The Morgan fingerprint density at radius 1 is 1.25 bits per heavy atom. The summed E-state index contributed by atoms with van der Waals surface area (Å²) < 4.78 is 17.1. The van der Waals surface area contributed by atoms with Gasteiger partial charge < -0.3 is 16.0 Å². The number of carbonyl (C=O) groups excluding carboxylic acids is 2. The maximum Gasteiger partial charge on any atom is 0.242 e. The van der Waals surface area contributed by atoms with Crippen LogP contribution in [-0.4, -0.2) is 54.3 Å². The molecule has 1 aromatic rings. The van der Waals surface area contributed by atoms with Crippen molar-refractivity contribution in [1.82, 2.24) is 15.1 Å². The average Bonchev–Trinajstić information content (AvgIpc) is 3.13. The molecular formula is C21H31ClN4O2. The number of hydrogen-bond acceptors (Lipinski definition) is 4. The van der Waals surface area contributed by atoms with Crippen LogP contribution in [0.5, 0.6) is 0 Å². The Labute approximate surface area is 175 Å². The zero-order valence-electron chi connectivity index (χ0n) is 18.5. The topological polar surface area (TPSA) is 78.7 Å². The molecule has 1 aliphatic heterocycles. The van der Waals surface area contributed by atoms with Crippen LogP contribution in [0.25, 0.3) is 0 Å². The van der Waals surface area contributed by atoms with Crippen molar-refractivity contribution in [3.8, 4) is 0 Å². The van der Waals surface area contributed by atoms with Crippen LogP contribution >= 0.6 is 11.6 Å². The van der Waals surface area contributed by atoms with Crippen LogP contribution in [0.3, 0.4) is 0 Å². The first-order chi connectivity index (χ1) is 14.1. The van der Waals surface area contributed by atoms with Gasteiger partial charge in [-0.3, -0.25) is 14.5 Å². The Balaban J connectivity index is 1.49. The molecule has 2 fully saturated rings. The van der Waals surface area contributed by atoms with E-state index in [1.54, 1.807) is 28.0 Å². The highest BCUT2D eigenvalue weighted by molar-refractivity contribution is 6.30. The molecule has 0 atom stereocenters. The zero-order chi connectivity index (χ0) is 21.9. The van der Waals surface area contributed by atoms with E-state index < -0.39 is 6.50 Å². The fraction of sp³-hybridized carbons (Fsp3) is 0.619. The van der Waals surface area contributed by atoms with E-state index >= 15 is 0 Å². The minimum atomic E-state index is -1.78. The molecule has 3 N–H and O–H groups in total. The predicted molar refractivity (Wildman–Crippen MR) is 112 cm³/mol. The van der Waals surface area contributed by atoms with Gasteiger partial charge in [0.15, 0.2) is 0 Å². The molecule has 0 unspecified atom stereocenters. The van der Waals surface area contributed by atoms with E-state index in [4.69, 9.17) is 20.1 Å². The Morgan fingerprint density at radius 3 is 2.61 bits per heavy atom. The van der Waals surface area contributed by atoms with Crippen LogP contribution in [0.4, 0.5) is 5.69 Å². The lowest BCUT2D eigenvalue weighted by Crippen LogP contribution is -2.51. The minimum Gasteiger partial charge on any atom is -0.398 e. The number of carbonyl (C=O) groups is 2. The maximum absolute atomic E-state index is 12.5. The van der Waals surface area contributed by atoms with E-state index in [0.29, 0.717) is 48.9 Å². The molecule has 28 heavy (non-hydrogen) atoms. The number of rotatable bonds is 6. The van der Waals surface area contributed by atoms with E-state index in [9.17, 15) is 9.59 Å². The number of piperazine rings is 1. The quantitative estimate of drug-likeness (QED) is 0.709. The summed E-state index contributed by atoms with van der Waals surface area (Å²) >= 11 is 6.02. The molecule has 1 aliphatic carbocycles. The number of anilines is 1. The van der Waals surface area contributed by atoms with Gasteiger partial charge in [-0.05, 0) is 42.0 Å². The molecule has 3 rings (SSSR count). The van der Waals surface area contributed by atoms with Crippen molar-refractivity contribution in [3.63, 3.8) is 0 Å². The molecule has 1 saturated carbocycles. The molecular weight excluding hydrogens is 376 g/mol. The van der Waals surface area contributed by atoms with Gasteiger partial charge in [0.2, 0.25) is 11.8 Å². The van der Waals surface area contributed by atoms with Gasteiger partial charge in [-0.15, -0.1) is 0 Å². The molecule has 1 aromatic carbocycles. The van der Waals surface area contributed by atoms with Gasteiger partial charge in [-0.2, -0.15) is 0 Å². The summed E-state index contributed by atoms with van der Waals surface area (Å²) in [4.78, 5) is 28.1. The van der Waals surface area contributed by atoms with Crippen LogP contribution in [0.15, 0.2) is 18.2 Å². The average molecular weight is 409 g/mol. The summed E-state index contributed by atoms with van der Waals surface area (Å²) in [5.41, 5.74) is 6.71. The lowest BCUT2D eigenvalue weighted by molar-refractivity contribution is -0.134. The summed E-state index contributed by atoms with van der Waals surface area (Å²) in [7, 11) is 0. The first-order valence-corrected chi connectivity index (χ1v) is 10.3. The number of hydrogen-bond donors (Lipinski definition) is 2. The summed E-state index contributed by atoms with van der Waals surface area (Å²) in [6.07, 6.45) is 4.93. The molecule has 0 spiro atoms. The Bertz CT molecular complexity index is 791. The molecule has 1 heterocycles. The molecule has 154 valence electrons. The third kappa shape index (κ3) is 5.61. The van der Waals surface area contributed by atoms with Crippen LogP contribution in [-0.2, 0) is 16.1 Å². The summed E-state index contributed by atoms with van der Waals surface area (Å²) in [5, 5.41) is 3.19. The van der Waals surface area contributed by atoms with E-state index in [1.807, 2.05) is 0 Å². The van der Waals surface area contributed by atoms with Gasteiger partial charge >= 0.3 is 0 Å². The second kappa shape index (κ2) is 9.14. The molecule has 2 aliphatic rings. The predicted octanol–water partition coefficient (Wildman–Crippen LogP) is 2.65. The first kappa shape index (κ1) is 18.3. The monoisotopic (exact) mass is 408 g/mol. The molecule has 7 heteroatoms. The van der Waals surface area contributed by atoms with Crippen molar-refractivity contribution in [2.24, 2.45) is 5.41 Å².